The standard InChI is InChI=1S/C17H24N2O2/c1-2-21-16-9-4-3-7-14(16)10-11-17(20)19-12-6-5-8-15(19)13-18/h3-4,7,9-11,15H,2,5-6,8,12-13,18H2,1H3. The molecule has 4 nitrogen and oxygen atoms in total. The van der Waals surface area contributed by atoms with Crippen molar-refractivity contribution in [1.82, 2.24) is 4.90 Å². The Morgan fingerprint density at radius 1 is 1.43 bits per heavy atom. The zero-order chi connectivity index (χ0) is 15.1. The summed E-state index contributed by atoms with van der Waals surface area (Å²) in [5.74, 6) is 0.842. The Balaban J connectivity index is 2.07. The predicted octanol–water partition coefficient (Wildman–Crippen LogP) is 2.44. The maximum Gasteiger partial charge on any atom is 0.246 e. The van der Waals surface area contributed by atoms with Gasteiger partial charge in [-0.25, -0.2) is 0 Å². The van der Waals surface area contributed by atoms with Crippen LogP contribution in [0.15, 0.2) is 30.3 Å². The monoisotopic (exact) mass is 288 g/mol. The molecular weight excluding hydrogens is 264 g/mol. The van der Waals surface area contributed by atoms with Crippen molar-refractivity contribution >= 4 is 12.0 Å². The minimum absolute atomic E-state index is 0.0384. The number of rotatable bonds is 5. The summed E-state index contributed by atoms with van der Waals surface area (Å²) in [6.45, 7) is 3.90. The van der Waals surface area contributed by atoms with E-state index in [4.69, 9.17) is 10.5 Å². The number of para-hydroxylation sites is 1. The molecule has 1 unspecified atom stereocenters. The number of likely N-dealkylation sites (tertiary alicyclic amines) is 1. The molecule has 2 N–H and O–H groups in total. The number of nitrogens with two attached hydrogens (primary N) is 1. The van der Waals surface area contributed by atoms with Gasteiger partial charge in [0.05, 0.1) is 6.61 Å². The van der Waals surface area contributed by atoms with Crippen LogP contribution in [0.1, 0.15) is 31.7 Å². The maximum absolute atomic E-state index is 12.4. The fourth-order valence-electron chi connectivity index (χ4n) is 2.70. The Bertz CT molecular complexity index is 499. The largest absolute Gasteiger partial charge is 0.493 e. The third-order valence-corrected chi connectivity index (χ3v) is 3.81. The van der Waals surface area contributed by atoms with Crippen LogP contribution in [0.4, 0.5) is 0 Å². The van der Waals surface area contributed by atoms with E-state index in [1.54, 1.807) is 6.08 Å². The van der Waals surface area contributed by atoms with Gasteiger partial charge in [-0.15, -0.1) is 0 Å². The number of amides is 1. The molecule has 1 amide bonds. The predicted molar refractivity (Wildman–Crippen MR) is 85.1 cm³/mol. The van der Waals surface area contributed by atoms with Gasteiger partial charge in [-0.2, -0.15) is 0 Å². The maximum atomic E-state index is 12.4. The van der Waals surface area contributed by atoms with Crippen molar-refractivity contribution in [2.24, 2.45) is 5.73 Å². The first-order valence-electron chi connectivity index (χ1n) is 7.66. The number of benzene rings is 1. The van der Waals surface area contributed by atoms with Crippen molar-refractivity contribution in [3.05, 3.63) is 35.9 Å². The molecule has 1 aromatic rings. The van der Waals surface area contributed by atoms with E-state index in [0.717, 1.165) is 37.1 Å². The van der Waals surface area contributed by atoms with Crippen LogP contribution < -0.4 is 10.5 Å². The van der Waals surface area contributed by atoms with Gasteiger partial charge in [-0.1, -0.05) is 18.2 Å². The van der Waals surface area contributed by atoms with Crippen LogP contribution in [0.25, 0.3) is 6.08 Å². The van der Waals surface area contributed by atoms with E-state index in [0.29, 0.717) is 13.2 Å². The first-order valence-corrected chi connectivity index (χ1v) is 7.66. The molecule has 1 fully saturated rings. The second kappa shape index (κ2) is 7.84. The van der Waals surface area contributed by atoms with Gasteiger partial charge in [0.25, 0.3) is 0 Å². The molecule has 1 atom stereocenters. The lowest BCUT2D eigenvalue weighted by Gasteiger charge is -2.34. The van der Waals surface area contributed by atoms with Gasteiger partial charge in [0.1, 0.15) is 5.75 Å². The SMILES string of the molecule is CCOc1ccccc1C=CC(=O)N1CCCCC1CN. The van der Waals surface area contributed by atoms with Crippen LogP contribution in [0.2, 0.25) is 0 Å². The number of ether oxygens (including phenoxy) is 1. The lowest BCUT2D eigenvalue weighted by molar-refractivity contribution is -0.129. The molecule has 1 aliphatic heterocycles. The van der Waals surface area contributed by atoms with Crippen LogP contribution >= 0.6 is 0 Å². The number of hydrogen-bond donors (Lipinski definition) is 1. The van der Waals surface area contributed by atoms with E-state index in [1.165, 1.54) is 0 Å². The molecule has 0 bridgehead atoms. The van der Waals surface area contributed by atoms with Gasteiger partial charge in [0, 0.05) is 30.8 Å². The number of carbonyl (C=O) groups excluding carboxylic acids is 1. The van der Waals surface area contributed by atoms with E-state index in [-0.39, 0.29) is 11.9 Å². The fourth-order valence-corrected chi connectivity index (χ4v) is 2.70. The Morgan fingerprint density at radius 3 is 3.00 bits per heavy atom. The third kappa shape index (κ3) is 4.08. The average Bonchev–Trinajstić information content (AvgIpc) is 2.54. The van der Waals surface area contributed by atoms with E-state index in [2.05, 4.69) is 0 Å². The van der Waals surface area contributed by atoms with Gasteiger partial charge in [-0.05, 0) is 38.3 Å². The minimum Gasteiger partial charge on any atom is -0.493 e. The molecule has 0 aromatic heterocycles. The molecule has 21 heavy (non-hydrogen) atoms. The highest BCUT2D eigenvalue weighted by molar-refractivity contribution is 5.92. The summed E-state index contributed by atoms with van der Waals surface area (Å²) in [4.78, 5) is 14.2. The van der Waals surface area contributed by atoms with E-state index >= 15 is 0 Å². The Kier molecular flexibility index (Phi) is 5.81. The first kappa shape index (κ1) is 15.6. The number of piperidine rings is 1. The average molecular weight is 288 g/mol. The van der Waals surface area contributed by atoms with Crippen molar-refractivity contribution in [1.29, 1.82) is 0 Å². The zero-order valence-corrected chi connectivity index (χ0v) is 12.6. The molecular formula is C17H24N2O2. The summed E-state index contributed by atoms with van der Waals surface area (Å²) >= 11 is 0. The van der Waals surface area contributed by atoms with Gasteiger partial charge in [0.2, 0.25) is 5.91 Å². The fraction of sp³-hybridized carbons (Fsp3) is 0.471. The molecule has 0 saturated carbocycles. The lowest BCUT2D eigenvalue weighted by Crippen LogP contribution is -2.46. The first-order chi connectivity index (χ1) is 10.3. The van der Waals surface area contributed by atoms with Crippen LogP contribution in [0.3, 0.4) is 0 Å². The topological polar surface area (TPSA) is 55.6 Å². The summed E-state index contributed by atoms with van der Waals surface area (Å²) in [6, 6.07) is 7.91. The quantitative estimate of drug-likeness (QED) is 0.847. The highest BCUT2D eigenvalue weighted by Gasteiger charge is 2.23. The molecule has 0 spiro atoms. The van der Waals surface area contributed by atoms with Gasteiger partial charge >= 0.3 is 0 Å². The number of nitrogens with zero attached hydrogens (tertiary/aromatic N) is 1. The van der Waals surface area contributed by atoms with Crippen molar-refractivity contribution in [2.45, 2.75) is 32.2 Å². The number of hydrogen-bond acceptors (Lipinski definition) is 3. The Hall–Kier alpha value is -1.81. The van der Waals surface area contributed by atoms with Gasteiger partial charge in [-0.3, -0.25) is 4.79 Å². The highest BCUT2D eigenvalue weighted by atomic mass is 16.5. The molecule has 1 aromatic carbocycles. The smallest absolute Gasteiger partial charge is 0.246 e. The zero-order valence-electron chi connectivity index (χ0n) is 12.6. The van der Waals surface area contributed by atoms with E-state index in [1.807, 2.05) is 42.2 Å². The molecule has 1 saturated heterocycles. The van der Waals surface area contributed by atoms with Crippen molar-refractivity contribution < 1.29 is 9.53 Å². The van der Waals surface area contributed by atoms with Crippen molar-refractivity contribution in [3.8, 4) is 5.75 Å². The molecule has 0 aliphatic carbocycles. The van der Waals surface area contributed by atoms with Crippen molar-refractivity contribution in [3.63, 3.8) is 0 Å². The summed E-state index contributed by atoms with van der Waals surface area (Å²) < 4.78 is 5.56. The summed E-state index contributed by atoms with van der Waals surface area (Å²) in [5.41, 5.74) is 6.69. The summed E-state index contributed by atoms with van der Waals surface area (Å²) in [6.07, 6.45) is 6.68. The minimum atomic E-state index is 0.0384. The molecule has 114 valence electrons. The van der Waals surface area contributed by atoms with Crippen molar-refractivity contribution in [2.75, 3.05) is 19.7 Å². The van der Waals surface area contributed by atoms with Gasteiger partial charge in [0.15, 0.2) is 0 Å². The number of carbonyl (C=O) groups is 1. The normalized spacial score (nSPS) is 19.0. The Morgan fingerprint density at radius 2 is 2.24 bits per heavy atom. The Labute approximate surface area is 126 Å². The van der Waals surface area contributed by atoms with E-state index in [9.17, 15) is 4.79 Å². The van der Waals surface area contributed by atoms with E-state index < -0.39 is 0 Å². The summed E-state index contributed by atoms with van der Waals surface area (Å²) in [5, 5.41) is 0. The van der Waals surface area contributed by atoms with Crippen LogP contribution in [0.5, 0.6) is 5.75 Å². The second-order valence-corrected chi connectivity index (χ2v) is 5.22. The third-order valence-electron chi connectivity index (χ3n) is 3.81. The molecule has 4 heteroatoms. The van der Waals surface area contributed by atoms with Crippen LogP contribution in [0, 0.1) is 0 Å². The van der Waals surface area contributed by atoms with Crippen LogP contribution in [-0.4, -0.2) is 36.5 Å². The van der Waals surface area contributed by atoms with Gasteiger partial charge < -0.3 is 15.4 Å². The summed E-state index contributed by atoms with van der Waals surface area (Å²) in [7, 11) is 0. The molecule has 0 radical (unpaired) electrons. The molecule has 1 aliphatic rings. The lowest BCUT2D eigenvalue weighted by atomic mass is 10.0. The van der Waals surface area contributed by atoms with Crippen LogP contribution in [-0.2, 0) is 4.79 Å². The molecule has 2 rings (SSSR count). The highest BCUT2D eigenvalue weighted by Crippen LogP contribution is 2.21. The molecule has 1 heterocycles. The second-order valence-electron chi connectivity index (χ2n) is 5.22.